The van der Waals surface area contributed by atoms with Gasteiger partial charge in [0.05, 0.1) is 6.26 Å². The van der Waals surface area contributed by atoms with Gasteiger partial charge in [0.1, 0.15) is 5.76 Å². The third-order valence-corrected chi connectivity index (χ3v) is 4.15. The summed E-state index contributed by atoms with van der Waals surface area (Å²) in [5.41, 5.74) is 0. The van der Waals surface area contributed by atoms with Crippen molar-refractivity contribution in [2.45, 2.75) is 32.6 Å². The molecule has 0 amide bonds. The Morgan fingerprint density at radius 1 is 1.39 bits per heavy atom. The highest BCUT2D eigenvalue weighted by atomic mass is 127. The number of aliphatic imine (C=N–C) groups is 1. The Hall–Kier alpha value is -0.760. The van der Waals surface area contributed by atoms with Crippen LogP contribution >= 0.6 is 24.0 Å². The Kier molecular flexibility index (Phi) is 10.3. The summed E-state index contributed by atoms with van der Waals surface area (Å²) in [7, 11) is 1.81. The number of halogens is 1. The van der Waals surface area contributed by atoms with Crippen LogP contribution in [0.1, 0.15) is 31.9 Å². The maximum Gasteiger partial charge on any atom is 0.190 e. The average molecular weight is 434 g/mol. The quantitative estimate of drug-likeness (QED) is 0.300. The van der Waals surface area contributed by atoms with Gasteiger partial charge in [0, 0.05) is 33.1 Å². The Bertz CT molecular complexity index is 436. The van der Waals surface area contributed by atoms with E-state index in [-0.39, 0.29) is 24.0 Å². The molecular formula is C17H31IN4O. The van der Waals surface area contributed by atoms with E-state index in [4.69, 9.17) is 4.42 Å². The molecule has 0 aliphatic carbocycles. The van der Waals surface area contributed by atoms with Gasteiger partial charge in [-0.05, 0) is 50.4 Å². The molecule has 0 bridgehead atoms. The van der Waals surface area contributed by atoms with Crippen LogP contribution in [0.2, 0.25) is 0 Å². The molecular weight excluding hydrogens is 403 g/mol. The first-order valence-corrected chi connectivity index (χ1v) is 8.47. The van der Waals surface area contributed by atoms with Gasteiger partial charge in [0.2, 0.25) is 0 Å². The number of piperidine rings is 1. The molecule has 0 spiro atoms. The van der Waals surface area contributed by atoms with Gasteiger partial charge in [0.25, 0.3) is 0 Å². The Morgan fingerprint density at radius 3 is 2.91 bits per heavy atom. The van der Waals surface area contributed by atoms with Crippen molar-refractivity contribution in [2.75, 3.05) is 39.8 Å². The second kappa shape index (κ2) is 11.7. The summed E-state index contributed by atoms with van der Waals surface area (Å²) in [4.78, 5) is 6.84. The maximum atomic E-state index is 5.32. The third-order valence-electron chi connectivity index (χ3n) is 4.15. The zero-order valence-electron chi connectivity index (χ0n) is 14.4. The number of nitrogens with one attached hydrogen (secondary N) is 2. The molecule has 1 aromatic rings. The van der Waals surface area contributed by atoms with Crippen molar-refractivity contribution in [3.05, 3.63) is 24.2 Å². The number of furan rings is 1. The monoisotopic (exact) mass is 434 g/mol. The van der Waals surface area contributed by atoms with Crippen LogP contribution in [0, 0.1) is 5.92 Å². The molecule has 132 valence electrons. The first-order valence-electron chi connectivity index (χ1n) is 8.47. The molecule has 0 radical (unpaired) electrons. The minimum Gasteiger partial charge on any atom is -0.469 e. The van der Waals surface area contributed by atoms with Crippen LogP contribution in [0.15, 0.2) is 27.8 Å². The van der Waals surface area contributed by atoms with E-state index in [1.165, 1.54) is 32.5 Å². The van der Waals surface area contributed by atoms with Crippen molar-refractivity contribution in [3.63, 3.8) is 0 Å². The summed E-state index contributed by atoms with van der Waals surface area (Å²) < 4.78 is 5.32. The van der Waals surface area contributed by atoms with Crippen LogP contribution in [0.25, 0.3) is 0 Å². The second-order valence-electron chi connectivity index (χ2n) is 6.16. The number of rotatable bonds is 7. The summed E-state index contributed by atoms with van der Waals surface area (Å²) in [6.07, 6.45) is 6.49. The molecule has 2 rings (SSSR count). The number of nitrogens with zero attached hydrogens (tertiary/aromatic N) is 2. The third kappa shape index (κ3) is 8.06. The fourth-order valence-corrected chi connectivity index (χ4v) is 2.98. The highest BCUT2D eigenvalue weighted by Gasteiger charge is 2.15. The van der Waals surface area contributed by atoms with Gasteiger partial charge in [0.15, 0.2) is 5.96 Å². The molecule has 0 saturated carbocycles. The largest absolute Gasteiger partial charge is 0.469 e. The van der Waals surface area contributed by atoms with Crippen molar-refractivity contribution >= 4 is 29.9 Å². The van der Waals surface area contributed by atoms with Crippen LogP contribution in [0.5, 0.6) is 0 Å². The molecule has 1 atom stereocenters. The molecule has 5 nitrogen and oxygen atoms in total. The zero-order chi connectivity index (χ0) is 15.6. The highest BCUT2D eigenvalue weighted by Crippen LogP contribution is 2.15. The van der Waals surface area contributed by atoms with Gasteiger partial charge >= 0.3 is 0 Å². The van der Waals surface area contributed by atoms with E-state index in [1.54, 1.807) is 6.26 Å². The fourth-order valence-electron chi connectivity index (χ4n) is 2.98. The number of hydrogen-bond acceptors (Lipinski definition) is 3. The van der Waals surface area contributed by atoms with Gasteiger partial charge in [-0.1, -0.05) is 6.92 Å². The van der Waals surface area contributed by atoms with Crippen LogP contribution in [-0.4, -0.2) is 50.6 Å². The lowest BCUT2D eigenvalue weighted by Gasteiger charge is -2.30. The molecule has 1 fully saturated rings. The predicted molar refractivity (Wildman–Crippen MR) is 107 cm³/mol. The number of likely N-dealkylation sites (tertiary alicyclic amines) is 1. The lowest BCUT2D eigenvalue weighted by atomic mass is 10.0. The summed E-state index contributed by atoms with van der Waals surface area (Å²) in [5, 5.41) is 6.70. The first-order chi connectivity index (χ1) is 10.8. The Labute approximate surface area is 157 Å². The average Bonchev–Trinajstić information content (AvgIpc) is 3.03. The SMILES string of the molecule is CN=C(NCCCN1CCCC(C)C1)NCCc1ccco1.I. The van der Waals surface area contributed by atoms with Crippen LogP contribution in [0.3, 0.4) is 0 Å². The van der Waals surface area contributed by atoms with Crippen molar-refractivity contribution < 1.29 is 4.42 Å². The minimum atomic E-state index is 0. The van der Waals surface area contributed by atoms with E-state index < -0.39 is 0 Å². The molecule has 1 saturated heterocycles. The maximum absolute atomic E-state index is 5.32. The molecule has 1 unspecified atom stereocenters. The van der Waals surface area contributed by atoms with Crippen molar-refractivity contribution in [1.82, 2.24) is 15.5 Å². The van der Waals surface area contributed by atoms with E-state index in [0.717, 1.165) is 43.6 Å². The predicted octanol–water partition coefficient (Wildman–Crippen LogP) is 2.73. The van der Waals surface area contributed by atoms with Crippen molar-refractivity contribution in [1.29, 1.82) is 0 Å². The molecule has 1 aliphatic heterocycles. The number of guanidine groups is 1. The molecule has 2 heterocycles. The topological polar surface area (TPSA) is 52.8 Å². The summed E-state index contributed by atoms with van der Waals surface area (Å²) in [5.74, 6) is 2.73. The van der Waals surface area contributed by atoms with Gasteiger partial charge in [-0.25, -0.2) is 0 Å². The van der Waals surface area contributed by atoms with Crippen molar-refractivity contribution in [2.24, 2.45) is 10.9 Å². The number of hydrogen-bond donors (Lipinski definition) is 2. The van der Waals surface area contributed by atoms with Gasteiger partial charge < -0.3 is 20.0 Å². The molecule has 6 heteroatoms. The fraction of sp³-hybridized carbons (Fsp3) is 0.706. The summed E-state index contributed by atoms with van der Waals surface area (Å²) in [6, 6.07) is 3.92. The molecule has 1 aliphatic rings. The summed E-state index contributed by atoms with van der Waals surface area (Å²) >= 11 is 0. The smallest absolute Gasteiger partial charge is 0.190 e. The van der Waals surface area contributed by atoms with E-state index in [2.05, 4.69) is 27.4 Å². The minimum absolute atomic E-state index is 0. The Balaban J connectivity index is 0.00000264. The molecule has 23 heavy (non-hydrogen) atoms. The van der Waals surface area contributed by atoms with Crippen molar-refractivity contribution in [3.8, 4) is 0 Å². The first kappa shape index (κ1) is 20.3. The normalized spacial score (nSPS) is 19.2. The van der Waals surface area contributed by atoms with Gasteiger partial charge in [-0.2, -0.15) is 0 Å². The molecule has 0 aromatic carbocycles. The summed E-state index contributed by atoms with van der Waals surface area (Å²) in [6.45, 7) is 7.86. The van der Waals surface area contributed by atoms with Gasteiger partial charge in [-0.3, -0.25) is 4.99 Å². The van der Waals surface area contributed by atoms with Crippen LogP contribution in [-0.2, 0) is 6.42 Å². The lowest BCUT2D eigenvalue weighted by molar-refractivity contribution is 0.182. The van der Waals surface area contributed by atoms with E-state index in [1.807, 2.05) is 19.2 Å². The zero-order valence-corrected chi connectivity index (χ0v) is 16.7. The van der Waals surface area contributed by atoms with E-state index in [0.29, 0.717) is 0 Å². The van der Waals surface area contributed by atoms with E-state index in [9.17, 15) is 0 Å². The van der Waals surface area contributed by atoms with Crippen LogP contribution in [0.4, 0.5) is 0 Å². The lowest BCUT2D eigenvalue weighted by Crippen LogP contribution is -2.40. The standard InChI is InChI=1S/C17H30N4O.HI/c1-15-6-3-11-21(14-15)12-5-9-19-17(18-2)20-10-8-16-7-4-13-22-16;/h4,7,13,15H,3,5-6,8-12,14H2,1-2H3,(H2,18,19,20);1H. The highest BCUT2D eigenvalue weighted by molar-refractivity contribution is 14.0. The second-order valence-corrected chi connectivity index (χ2v) is 6.16. The Morgan fingerprint density at radius 2 is 2.22 bits per heavy atom. The van der Waals surface area contributed by atoms with E-state index >= 15 is 0 Å². The molecule has 2 N–H and O–H groups in total. The molecule has 1 aromatic heterocycles. The van der Waals surface area contributed by atoms with Gasteiger partial charge in [-0.15, -0.1) is 24.0 Å². The van der Waals surface area contributed by atoms with Crippen LogP contribution < -0.4 is 10.6 Å².